The van der Waals surface area contributed by atoms with Crippen molar-refractivity contribution < 1.29 is 4.79 Å². The highest BCUT2D eigenvalue weighted by Crippen LogP contribution is 2.26. The highest BCUT2D eigenvalue weighted by Gasteiger charge is 2.32. The minimum Gasteiger partial charge on any atom is -0.342 e. The molecule has 1 aliphatic rings. The molecule has 17 heavy (non-hydrogen) atoms. The normalized spacial score (nSPS) is 27.6. The summed E-state index contributed by atoms with van der Waals surface area (Å²) in [5, 5.41) is 3.35. The van der Waals surface area contributed by atoms with Crippen LogP contribution in [0.25, 0.3) is 0 Å². The molecule has 0 spiro atoms. The Kier molecular flexibility index (Phi) is 4.59. The van der Waals surface area contributed by atoms with Crippen LogP contribution in [0.2, 0.25) is 0 Å². The fourth-order valence-electron chi connectivity index (χ4n) is 2.40. The first-order valence-electron chi connectivity index (χ1n) is 6.71. The molecule has 0 aromatic rings. The third kappa shape index (κ3) is 3.70. The van der Waals surface area contributed by atoms with E-state index in [1.165, 1.54) is 0 Å². The molecular formula is C14H28N2O. The van der Waals surface area contributed by atoms with Gasteiger partial charge in [-0.2, -0.15) is 0 Å². The topological polar surface area (TPSA) is 32.3 Å². The number of carbonyl (C=O) groups excluding carboxylic acids is 1. The van der Waals surface area contributed by atoms with E-state index < -0.39 is 0 Å². The van der Waals surface area contributed by atoms with Crippen molar-refractivity contribution in [1.82, 2.24) is 10.2 Å². The Balaban J connectivity index is 2.63. The van der Waals surface area contributed by atoms with Crippen LogP contribution in [0.4, 0.5) is 0 Å². The van der Waals surface area contributed by atoms with E-state index in [1.54, 1.807) is 0 Å². The minimum absolute atomic E-state index is 0.137. The standard InChI is InChI=1S/C14H28N2O/c1-10-7-12(9-15-8-10)13(17)16(6)11(2)14(3,4)5/h10-12,15H,7-9H2,1-6H3. The zero-order valence-electron chi connectivity index (χ0n) is 12.2. The molecule has 1 N–H and O–H groups in total. The first-order valence-corrected chi connectivity index (χ1v) is 6.71. The Labute approximate surface area is 106 Å². The van der Waals surface area contributed by atoms with Crippen molar-refractivity contribution in [2.45, 2.75) is 47.1 Å². The Morgan fingerprint density at radius 2 is 1.94 bits per heavy atom. The van der Waals surface area contributed by atoms with Crippen molar-refractivity contribution in [3.05, 3.63) is 0 Å². The third-order valence-electron chi connectivity index (χ3n) is 4.10. The smallest absolute Gasteiger partial charge is 0.226 e. The number of rotatable bonds is 2. The average molecular weight is 240 g/mol. The SMILES string of the molecule is CC1CNCC(C(=O)N(C)C(C)C(C)(C)C)C1. The zero-order valence-corrected chi connectivity index (χ0v) is 12.2. The Hall–Kier alpha value is -0.570. The van der Waals surface area contributed by atoms with Crippen molar-refractivity contribution in [1.29, 1.82) is 0 Å². The lowest BCUT2D eigenvalue weighted by atomic mass is 9.85. The van der Waals surface area contributed by atoms with E-state index in [0.717, 1.165) is 19.5 Å². The summed E-state index contributed by atoms with van der Waals surface area (Å²) in [6, 6.07) is 0.271. The molecule has 3 atom stereocenters. The molecule has 1 amide bonds. The lowest BCUT2D eigenvalue weighted by Crippen LogP contribution is -2.49. The Bertz CT molecular complexity index is 270. The van der Waals surface area contributed by atoms with Gasteiger partial charge >= 0.3 is 0 Å². The molecule has 1 aliphatic heterocycles. The number of amides is 1. The highest BCUT2D eigenvalue weighted by atomic mass is 16.2. The molecule has 0 aliphatic carbocycles. The summed E-state index contributed by atoms with van der Waals surface area (Å²) in [6.07, 6.45) is 1.02. The fourth-order valence-corrected chi connectivity index (χ4v) is 2.40. The molecule has 1 rings (SSSR count). The van der Waals surface area contributed by atoms with Crippen LogP contribution in [0.5, 0.6) is 0 Å². The van der Waals surface area contributed by atoms with Crippen LogP contribution >= 0.6 is 0 Å². The van der Waals surface area contributed by atoms with E-state index >= 15 is 0 Å². The van der Waals surface area contributed by atoms with Gasteiger partial charge in [-0.3, -0.25) is 4.79 Å². The van der Waals surface area contributed by atoms with Gasteiger partial charge in [0.2, 0.25) is 5.91 Å². The van der Waals surface area contributed by atoms with E-state index in [0.29, 0.717) is 11.8 Å². The van der Waals surface area contributed by atoms with Gasteiger partial charge in [0.25, 0.3) is 0 Å². The van der Waals surface area contributed by atoms with Gasteiger partial charge in [-0.05, 0) is 31.2 Å². The number of piperidine rings is 1. The highest BCUT2D eigenvalue weighted by molar-refractivity contribution is 5.79. The number of nitrogens with zero attached hydrogens (tertiary/aromatic N) is 1. The molecule has 3 unspecified atom stereocenters. The van der Waals surface area contributed by atoms with E-state index in [1.807, 2.05) is 11.9 Å². The van der Waals surface area contributed by atoms with Gasteiger partial charge in [-0.25, -0.2) is 0 Å². The van der Waals surface area contributed by atoms with Crippen molar-refractivity contribution in [3.8, 4) is 0 Å². The molecule has 0 aromatic heterocycles. The molecular weight excluding hydrogens is 212 g/mol. The number of nitrogens with one attached hydrogen (secondary N) is 1. The van der Waals surface area contributed by atoms with E-state index in [4.69, 9.17) is 0 Å². The quantitative estimate of drug-likeness (QED) is 0.802. The first-order chi connectivity index (χ1) is 7.73. The van der Waals surface area contributed by atoms with Crippen LogP contribution in [0.1, 0.15) is 41.0 Å². The Morgan fingerprint density at radius 3 is 2.41 bits per heavy atom. The molecule has 0 bridgehead atoms. The number of hydrogen-bond acceptors (Lipinski definition) is 2. The van der Waals surface area contributed by atoms with Crippen LogP contribution < -0.4 is 5.32 Å². The molecule has 1 saturated heterocycles. The van der Waals surface area contributed by atoms with Crippen LogP contribution in [0.3, 0.4) is 0 Å². The largest absolute Gasteiger partial charge is 0.342 e. The maximum atomic E-state index is 12.4. The van der Waals surface area contributed by atoms with Crippen molar-refractivity contribution in [3.63, 3.8) is 0 Å². The average Bonchev–Trinajstić information content (AvgIpc) is 2.25. The summed E-state index contributed by atoms with van der Waals surface area (Å²) < 4.78 is 0. The molecule has 100 valence electrons. The van der Waals surface area contributed by atoms with Gasteiger partial charge < -0.3 is 10.2 Å². The summed E-state index contributed by atoms with van der Waals surface area (Å²) in [7, 11) is 1.94. The molecule has 1 heterocycles. The van der Waals surface area contributed by atoms with Crippen molar-refractivity contribution >= 4 is 5.91 Å². The van der Waals surface area contributed by atoms with Gasteiger partial charge in [0.1, 0.15) is 0 Å². The summed E-state index contributed by atoms with van der Waals surface area (Å²) in [6.45, 7) is 12.8. The minimum atomic E-state index is 0.137. The summed E-state index contributed by atoms with van der Waals surface area (Å²) in [5.74, 6) is 1.07. The van der Waals surface area contributed by atoms with Crippen molar-refractivity contribution in [2.75, 3.05) is 20.1 Å². The first kappa shape index (κ1) is 14.5. The number of carbonyl (C=O) groups is 1. The van der Waals surface area contributed by atoms with Crippen LogP contribution in [0.15, 0.2) is 0 Å². The molecule has 1 fully saturated rings. The summed E-state index contributed by atoms with van der Waals surface area (Å²) >= 11 is 0. The van der Waals surface area contributed by atoms with Crippen LogP contribution in [-0.2, 0) is 4.79 Å². The van der Waals surface area contributed by atoms with Gasteiger partial charge in [0.05, 0.1) is 5.92 Å². The lowest BCUT2D eigenvalue weighted by Gasteiger charge is -2.38. The zero-order chi connectivity index (χ0) is 13.2. The summed E-state index contributed by atoms with van der Waals surface area (Å²) in [5.41, 5.74) is 0.137. The maximum Gasteiger partial charge on any atom is 0.226 e. The monoisotopic (exact) mass is 240 g/mol. The lowest BCUT2D eigenvalue weighted by molar-refractivity contribution is -0.139. The van der Waals surface area contributed by atoms with Gasteiger partial charge in [-0.15, -0.1) is 0 Å². The molecule has 0 saturated carbocycles. The van der Waals surface area contributed by atoms with Crippen molar-refractivity contribution in [2.24, 2.45) is 17.3 Å². The van der Waals surface area contributed by atoms with Crippen LogP contribution in [0, 0.1) is 17.3 Å². The van der Waals surface area contributed by atoms with Gasteiger partial charge in [-0.1, -0.05) is 27.7 Å². The predicted molar refractivity (Wildman–Crippen MR) is 71.8 cm³/mol. The van der Waals surface area contributed by atoms with Gasteiger partial charge in [0, 0.05) is 19.6 Å². The second-order valence-corrected chi connectivity index (χ2v) is 6.69. The molecule has 3 nitrogen and oxygen atoms in total. The second-order valence-electron chi connectivity index (χ2n) is 6.69. The fraction of sp³-hybridized carbons (Fsp3) is 0.929. The molecule has 0 radical (unpaired) electrons. The second kappa shape index (κ2) is 5.38. The van der Waals surface area contributed by atoms with Gasteiger partial charge in [0.15, 0.2) is 0 Å². The van der Waals surface area contributed by atoms with Crippen LogP contribution in [-0.4, -0.2) is 37.0 Å². The Morgan fingerprint density at radius 1 is 1.35 bits per heavy atom. The number of hydrogen-bond donors (Lipinski definition) is 1. The predicted octanol–water partition coefficient (Wildman–Crippen LogP) is 2.12. The molecule has 3 heteroatoms. The van der Waals surface area contributed by atoms with E-state index in [9.17, 15) is 4.79 Å². The summed E-state index contributed by atoms with van der Waals surface area (Å²) in [4.78, 5) is 14.4. The third-order valence-corrected chi connectivity index (χ3v) is 4.10. The maximum absolute atomic E-state index is 12.4. The van der Waals surface area contributed by atoms with E-state index in [2.05, 4.69) is 39.9 Å². The van der Waals surface area contributed by atoms with E-state index in [-0.39, 0.29) is 17.4 Å². The molecule has 0 aromatic carbocycles.